The van der Waals surface area contributed by atoms with E-state index in [-0.39, 0.29) is 6.04 Å². The van der Waals surface area contributed by atoms with E-state index in [4.69, 9.17) is 10.5 Å². The fourth-order valence-electron chi connectivity index (χ4n) is 1.59. The number of nitrogens with two attached hydrogens (primary N) is 1. The molecule has 0 radical (unpaired) electrons. The summed E-state index contributed by atoms with van der Waals surface area (Å²) in [5.41, 5.74) is 8.19. The van der Waals surface area contributed by atoms with E-state index in [1.54, 1.807) is 13.2 Å². The Morgan fingerprint density at radius 3 is 2.79 bits per heavy atom. The Bertz CT molecular complexity index is 320. The fourth-order valence-corrected chi connectivity index (χ4v) is 1.59. The molecule has 76 valence electrons. The third-order valence-electron chi connectivity index (χ3n) is 2.36. The van der Waals surface area contributed by atoms with Crippen molar-refractivity contribution in [3.63, 3.8) is 0 Å². The molecule has 1 aromatic carbocycles. The highest BCUT2D eigenvalue weighted by Crippen LogP contribution is 2.26. The maximum Gasteiger partial charge on any atom is 0.122 e. The van der Waals surface area contributed by atoms with Crippen LogP contribution in [0.4, 0.5) is 0 Å². The van der Waals surface area contributed by atoms with Crippen LogP contribution in [-0.4, -0.2) is 7.11 Å². The molecular formula is C12H17NO. The lowest BCUT2D eigenvalue weighted by molar-refractivity contribution is 0.409. The van der Waals surface area contributed by atoms with Gasteiger partial charge in [-0.15, -0.1) is 6.58 Å². The lowest BCUT2D eigenvalue weighted by Crippen LogP contribution is -2.10. The fraction of sp³-hybridized carbons (Fsp3) is 0.333. The van der Waals surface area contributed by atoms with Gasteiger partial charge in [0.1, 0.15) is 5.75 Å². The molecule has 1 aromatic rings. The van der Waals surface area contributed by atoms with E-state index < -0.39 is 0 Å². The van der Waals surface area contributed by atoms with Gasteiger partial charge in [0.2, 0.25) is 0 Å². The van der Waals surface area contributed by atoms with Crippen molar-refractivity contribution in [3.8, 4) is 5.75 Å². The maximum atomic E-state index is 5.92. The summed E-state index contributed by atoms with van der Waals surface area (Å²) in [7, 11) is 1.68. The second-order valence-electron chi connectivity index (χ2n) is 3.14. The normalized spacial score (nSPS) is 12.2. The molecule has 1 rings (SSSR count). The number of hydrogen-bond acceptors (Lipinski definition) is 2. The van der Waals surface area contributed by atoms with Crippen molar-refractivity contribution in [2.24, 2.45) is 5.73 Å². The molecule has 14 heavy (non-hydrogen) atoms. The summed E-state index contributed by atoms with van der Waals surface area (Å²) in [6.45, 7) is 5.80. The quantitative estimate of drug-likeness (QED) is 0.742. The zero-order chi connectivity index (χ0) is 10.6. The molecule has 0 unspecified atom stereocenters. The minimum absolute atomic E-state index is 0.111. The SMILES string of the molecule is C=C[C@@H](N)c1cccc(OC)c1CC. The average molecular weight is 191 g/mol. The molecule has 0 spiro atoms. The van der Waals surface area contributed by atoms with Crippen LogP contribution in [-0.2, 0) is 6.42 Å². The molecule has 1 atom stereocenters. The highest BCUT2D eigenvalue weighted by atomic mass is 16.5. The van der Waals surface area contributed by atoms with Crippen LogP contribution in [0.1, 0.15) is 24.1 Å². The monoisotopic (exact) mass is 191 g/mol. The van der Waals surface area contributed by atoms with Crippen molar-refractivity contribution >= 4 is 0 Å². The van der Waals surface area contributed by atoms with Gasteiger partial charge in [-0.05, 0) is 23.6 Å². The average Bonchev–Trinajstić information content (AvgIpc) is 2.26. The van der Waals surface area contributed by atoms with E-state index in [1.807, 2.05) is 18.2 Å². The van der Waals surface area contributed by atoms with Crippen molar-refractivity contribution in [1.82, 2.24) is 0 Å². The number of rotatable bonds is 4. The summed E-state index contributed by atoms with van der Waals surface area (Å²) in [5.74, 6) is 0.905. The molecule has 0 amide bonds. The van der Waals surface area contributed by atoms with E-state index in [2.05, 4.69) is 13.5 Å². The number of ether oxygens (including phenoxy) is 1. The highest BCUT2D eigenvalue weighted by Gasteiger charge is 2.10. The predicted octanol–water partition coefficient (Wildman–Crippen LogP) is 2.44. The second-order valence-corrected chi connectivity index (χ2v) is 3.14. The van der Waals surface area contributed by atoms with Gasteiger partial charge in [-0.3, -0.25) is 0 Å². The van der Waals surface area contributed by atoms with Gasteiger partial charge in [0.15, 0.2) is 0 Å². The Labute approximate surface area is 85.4 Å². The van der Waals surface area contributed by atoms with Gasteiger partial charge in [-0.2, -0.15) is 0 Å². The van der Waals surface area contributed by atoms with Gasteiger partial charge in [-0.25, -0.2) is 0 Å². The van der Waals surface area contributed by atoms with Gasteiger partial charge in [0.05, 0.1) is 7.11 Å². The minimum Gasteiger partial charge on any atom is -0.496 e. The molecule has 0 aliphatic heterocycles. The van der Waals surface area contributed by atoms with E-state index in [9.17, 15) is 0 Å². The van der Waals surface area contributed by atoms with Crippen LogP contribution < -0.4 is 10.5 Å². The number of benzene rings is 1. The molecule has 2 heteroatoms. The van der Waals surface area contributed by atoms with Gasteiger partial charge in [-0.1, -0.05) is 25.1 Å². The lowest BCUT2D eigenvalue weighted by atomic mass is 9.98. The van der Waals surface area contributed by atoms with Crippen LogP contribution >= 0.6 is 0 Å². The van der Waals surface area contributed by atoms with Crippen LogP contribution in [0.15, 0.2) is 30.9 Å². The summed E-state index contributed by atoms with van der Waals surface area (Å²) in [4.78, 5) is 0. The van der Waals surface area contributed by atoms with E-state index >= 15 is 0 Å². The first kappa shape index (κ1) is 10.8. The lowest BCUT2D eigenvalue weighted by Gasteiger charge is -2.15. The summed E-state index contributed by atoms with van der Waals surface area (Å²) in [6, 6.07) is 5.82. The first-order chi connectivity index (χ1) is 6.74. The van der Waals surface area contributed by atoms with Gasteiger partial charge < -0.3 is 10.5 Å². The Morgan fingerprint density at radius 2 is 2.29 bits per heavy atom. The molecule has 0 fully saturated rings. The van der Waals surface area contributed by atoms with Crippen molar-refractivity contribution in [2.45, 2.75) is 19.4 Å². The molecule has 0 saturated heterocycles. The molecule has 0 heterocycles. The van der Waals surface area contributed by atoms with Crippen LogP contribution in [0.2, 0.25) is 0 Å². The largest absolute Gasteiger partial charge is 0.496 e. The molecular weight excluding hydrogens is 174 g/mol. The first-order valence-electron chi connectivity index (χ1n) is 4.78. The van der Waals surface area contributed by atoms with Crippen LogP contribution in [0.5, 0.6) is 5.75 Å². The zero-order valence-electron chi connectivity index (χ0n) is 8.79. The molecule has 2 nitrogen and oxygen atoms in total. The first-order valence-corrected chi connectivity index (χ1v) is 4.78. The van der Waals surface area contributed by atoms with Crippen LogP contribution in [0.25, 0.3) is 0 Å². The third kappa shape index (κ3) is 1.96. The van der Waals surface area contributed by atoms with E-state index in [0.717, 1.165) is 17.7 Å². The molecule has 0 aliphatic rings. The smallest absolute Gasteiger partial charge is 0.122 e. The maximum absolute atomic E-state index is 5.92. The van der Waals surface area contributed by atoms with E-state index in [1.165, 1.54) is 5.56 Å². The third-order valence-corrected chi connectivity index (χ3v) is 2.36. The minimum atomic E-state index is -0.111. The van der Waals surface area contributed by atoms with Crippen molar-refractivity contribution in [1.29, 1.82) is 0 Å². The van der Waals surface area contributed by atoms with Gasteiger partial charge in [0.25, 0.3) is 0 Å². The molecule has 2 N–H and O–H groups in total. The number of hydrogen-bond donors (Lipinski definition) is 1. The Hall–Kier alpha value is -1.28. The molecule has 0 saturated carbocycles. The Balaban J connectivity index is 3.21. The van der Waals surface area contributed by atoms with Crippen molar-refractivity contribution in [2.75, 3.05) is 7.11 Å². The second kappa shape index (κ2) is 4.82. The van der Waals surface area contributed by atoms with Crippen molar-refractivity contribution in [3.05, 3.63) is 42.0 Å². The molecule has 0 aliphatic carbocycles. The predicted molar refractivity (Wildman–Crippen MR) is 59.5 cm³/mol. The Morgan fingerprint density at radius 1 is 1.57 bits per heavy atom. The van der Waals surface area contributed by atoms with Crippen molar-refractivity contribution < 1.29 is 4.74 Å². The van der Waals surface area contributed by atoms with Gasteiger partial charge >= 0.3 is 0 Å². The van der Waals surface area contributed by atoms with Crippen LogP contribution in [0, 0.1) is 0 Å². The topological polar surface area (TPSA) is 35.2 Å². The summed E-state index contributed by atoms with van der Waals surface area (Å²) in [5, 5.41) is 0. The summed E-state index contributed by atoms with van der Waals surface area (Å²) in [6.07, 6.45) is 2.66. The van der Waals surface area contributed by atoms with Crippen LogP contribution in [0.3, 0.4) is 0 Å². The van der Waals surface area contributed by atoms with Gasteiger partial charge in [0, 0.05) is 6.04 Å². The van der Waals surface area contributed by atoms with E-state index in [0.29, 0.717) is 0 Å². The summed E-state index contributed by atoms with van der Waals surface area (Å²) >= 11 is 0. The zero-order valence-corrected chi connectivity index (χ0v) is 8.79. The Kier molecular flexibility index (Phi) is 3.72. The molecule has 0 aromatic heterocycles. The molecule has 0 bridgehead atoms. The standard InChI is InChI=1S/C12H17NO/c1-4-9-10(11(13)5-2)7-6-8-12(9)14-3/h5-8,11H,2,4,13H2,1,3H3/t11-/m1/s1. The highest BCUT2D eigenvalue weighted by molar-refractivity contribution is 5.42. The summed E-state index contributed by atoms with van der Waals surface area (Å²) < 4.78 is 5.28. The number of methoxy groups -OCH3 is 1.